The molecule has 1 fully saturated rings. The average molecular weight is 340 g/mol. The van der Waals surface area contributed by atoms with E-state index in [1.807, 2.05) is 19.1 Å². The predicted molar refractivity (Wildman–Crippen MR) is 85.0 cm³/mol. The molecule has 0 aliphatic carbocycles. The second-order valence-electron chi connectivity index (χ2n) is 5.14. The fourth-order valence-electron chi connectivity index (χ4n) is 2.74. The van der Waals surface area contributed by atoms with Gasteiger partial charge in [0.1, 0.15) is 0 Å². The molecule has 3 rings (SSSR count). The van der Waals surface area contributed by atoms with Crippen molar-refractivity contribution < 1.29 is 0 Å². The van der Waals surface area contributed by atoms with Crippen molar-refractivity contribution in [3.05, 3.63) is 44.6 Å². The van der Waals surface area contributed by atoms with Crippen LogP contribution in [0.25, 0.3) is 10.9 Å². The van der Waals surface area contributed by atoms with Gasteiger partial charge in [0, 0.05) is 6.04 Å². The highest BCUT2D eigenvalue weighted by atomic mass is 79.9. The molecule has 1 saturated heterocycles. The third kappa shape index (κ3) is 2.58. The lowest BCUT2D eigenvalue weighted by Crippen LogP contribution is -2.42. The van der Waals surface area contributed by atoms with E-state index in [0.717, 1.165) is 31.5 Å². The van der Waals surface area contributed by atoms with Crippen LogP contribution in [0.5, 0.6) is 0 Å². The molecule has 1 aromatic heterocycles. The van der Waals surface area contributed by atoms with Crippen molar-refractivity contribution in [3.63, 3.8) is 0 Å². The van der Waals surface area contributed by atoms with Crippen molar-refractivity contribution in [2.75, 3.05) is 13.1 Å². The van der Waals surface area contributed by atoms with Gasteiger partial charge in [0.15, 0.2) is 0 Å². The highest BCUT2D eigenvalue weighted by molar-refractivity contribution is 8.93. The minimum absolute atomic E-state index is 0. The van der Waals surface area contributed by atoms with Crippen LogP contribution in [0.2, 0.25) is 0 Å². The Morgan fingerprint density at radius 3 is 2.60 bits per heavy atom. The summed E-state index contributed by atoms with van der Waals surface area (Å²) in [5, 5.41) is 3.84. The van der Waals surface area contributed by atoms with Crippen LogP contribution in [0.15, 0.2) is 27.8 Å². The summed E-state index contributed by atoms with van der Waals surface area (Å²) in [7, 11) is 0. The molecule has 108 valence electrons. The molecule has 1 aliphatic rings. The minimum atomic E-state index is -0.298. The standard InChI is InChI=1S/C14H17N3O2.BrH/c1-9-2-3-12-11(8-9)13(18)17(14(19)16-12)10-4-6-15-7-5-10;/h2-3,8,10,15H,4-7H2,1H3,(H,16,19);1H. The number of benzene rings is 1. The van der Waals surface area contributed by atoms with Crippen LogP contribution in [-0.4, -0.2) is 22.6 Å². The lowest BCUT2D eigenvalue weighted by atomic mass is 10.1. The van der Waals surface area contributed by atoms with Crippen molar-refractivity contribution >= 4 is 27.9 Å². The van der Waals surface area contributed by atoms with Gasteiger partial charge in [0.2, 0.25) is 0 Å². The molecule has 0 unspecified atom stereocenters. The number of aromatic amines is 1. The van der Waals surface area contributed by atoms with E-state index in [-0.39, 0.29) is 34.3 Å². The zero-order valence-electron chi connectivity index (χ0n) is 11.3. The Morgan fingerprint density at radius 2 is 1.90 bits per heavy atom. The largest absolute Gasteiger partial charge is 0.329 e. The summed E-state index contributed by atoms with van der Waals surface area (Å²) in [5.41, 5.74) is 1.17. The van der Waals surface area contributed by atoms with Gasteiger partial charge in [-0.15, -0.1) is 17.0 Å². The number of nitrogens with one attached hydrogen (secondary N) is 2. The molecule has 6 heteroatoms. The minimum Gasteiger partial charge on any atom is -0.317 e. The smallest absolute Gasteiger partial charge is 0.317 e. The lowest BCUT2D eigenvalue weighted by molar-refractivity contribution is 0.352. The van der Waals surface area contributed by atoms with Gasteiger partial charge in [-0.2, -0.15) is 0 Å². The molecule has 1 aromatic carbocycles. The number of piperidine rings is 1. The van der Waals surface area contributed by atoms with Crippen molar-refractivity contribution in [1.82, 2.24) is 14.9 Å². The van der Waals surface area contributed by atoms with Crippen molar-refractivity contribution in [1.29, 1.82) is 0 Å². The van der Waals surface area contributed by atoms with Crippen LogP contribution in [0.1, 0.15) is 24.4 Å². The molecule has 20 heavy (non-hydrogen) atoms. The first-order valence-corrected chi connectivity index (χ1v) is 6.63. The summed E-state index contributed by atoms with van der Waals surface area (Å²) in [5.74, 6) is 0. The molecule has 2 N–H and O–H groups in total. The molecule has 0 bridgehead atoms. The maximum Gasteiger partial charge on any atom is 0.329 e. The molecular formula is C14H18BrN3O2. The van der Waals surface area contributed by atoms with Gasteiger partial charge < -0.3 is 10.3 Å². The quantitative estimate of drug-likeness (QED) is 0.827. The van der Waals surface area contributed by atoms with Gasteiger partial charge >= 0.3 is 5.69 Å². The van der Waals surface area contributed by atoms with E-state index < -0.39 is 0 Å². The van der Waals surface area contributed by atoms with Crippen LogP contribution in [0, 0.1) is 6.92 Å². The maximum absolute atomic E-state index is 12.5. The number of aromatic nitrogens is 2. The van der Waals surface area contributed by atoms with Crippen LogP contribution in [0.3, 0.4) is 0 Å². The number of H-pyrrole nitrogens is 1. The molecule has 0 spiro atoms. The fraction of sp³-hybridized carbons (Fsp3) is 0.429. The number of fused-ring (bicyclic) bond motifs is 1. The van der Waals surface area contributed by atoms with Gasteiger partial charge in [0.05, 0.1) is 10.9 Å². The average Bonchev–Trinajstić information content (AvgIpc) is 2.41. The molecule has 0 radical (unpaired) electrons. The van der Waals surface area contributed by atoms with Gasteiger partial charge in [-0.1, -0.05) is 11.6 Å². The van der Waals surface area contributed by atoms with E-state index in [9.17, 15) is 9.59 Å². The highest BCUT2D eigenvalue weighted by Gasteiger charge is 2.19. The Hall–Kier alpha value is -1.40. The molecule has 2 aromatic rings. The summed E-state index contributed by atoms with van der Waals surface area (Å²) in [6, 6.07) is 5.53. The number of aryl methyl sites for hydroxylation is 1. The Morgan fingerprint density at radius 1 is 1.20 bits per heavy atom. The van der Waals surface area contributed by atoms with Gasteiger partial charge in [-0.25, -0.2) is 4.79 Å². The van der Waals surface area contributed by atoms with Gasteiger partial charge in [0.25, 0.3) is 5.56 Å². The Bertz CT molecular complexity index is 729. The van der Waals surface area contributed by atoms with Gasteiger partial charge in [-0.3, -0.25) is 9.36 Å². The first-order valence-electron chi connectivity index (χ1n) is 6.63. The number of hydrogen-bond acceptors (Lipinski definition) is 3. The maximum atomic E-state index is 12.5. The molecule has 0 atom stereocenters. The zero-order valence-corrected chi connectivity index (χ0v) is 13.0. The normalized spacial score (nSPS) is 16.1. The molecule has 2 heterocycles. The molecular weight excluding hydrogens is 322 g/mol. The van der Waals surface area contributed by atoms with E-state index in [0.29, 0.717) is 10.9 Å². The molecule has 5 nitrogen and oxygen atoms in total. The van der Waals surface area contributed by atoms with Crippen LogP contribution in [0.4, 0.5) is 0 Å². The highest BCUT2D eigenvalue weighted by Crippen LogP contribution is 2.16. The summed E-state index contributed by atoms with van der Waals surface area (Å²) < 4.78 is 1.39. The van der Waals surface area contributed by atoms with E-state index in [1.54, 1.807) is 6.07 Å². The van der Waals surface area contributed by atoms with E-state index >= 15 is 0 Å². The second kappa shape index (κ2) is 5.93. The lowest BCUT2D eigenvalue weighted by Gasteiger charge is -2.24. The number of nitrogens with zero attached hydrogens (tertiary/aromatic N) is 1. The second-order valence-corrected chi connectivity index (χ2v) is 5.14. The van der Waals surface area contributed by atoms with Crippen molar-refractivity contribution in [2.24, 2.45) is 0 Å². The number of halogens is 1. The molecule has 1 aliphatic heterocycles. The summed E-state index contributed by atoms with van der Waals surface area (Å²) in [4.78, 5) is 27.5. The van der Waals surface area contributed by atoms with Gasteiger partial charge in [-0.05, 0) is 45.0 Å². The molecule has 0 saturated carbocycles. The summed E-state index contributed by atoms with van der Waals surface area (Å²) in [6.07, 6.45) is 1.64. The predicted octanol–water partition coefficient (Wildman–Crippen LogP) is 1.50. The Kier molecular flexibility index (Phi) is 4.45. The van der Waals surface area contributed by atoms with E-state index in [1.165, 1.54) is 4.57 Å². The SMILES string of the molecule is Br.Cc1ccc2[nH]c(=O)n(C3CCNCC3)c(=O)c2c1. The van der Waals surface area contributed by atoms with Crippen molar-refractivity contribution in [3.8, 4) is 0 Å². The Labute approximate surface area is 126 Å². The number of hydrogen-bond donors (Lipinski definition) is 2. The third-order valence-corrected chi connectivity index (χ3v) is 3.76. The van der Waals surface area contributed by atoms with Crippen molar-refractivity contribution in [2.45, 2.75) is 25.8 Å². The van der Waals surface area contributed by atoms with Crippen LogP contribution < -0.4 is 16.6 Å². The van der Waals surface area contributed by atoms with Crippen LogP contribution >= 0.6 is 17.0 Å². The fourth-order valence-corrected chi connectivity index (χ4v) is 2.74. The zero-order chi connectivity index (χ0) is 13.4. The first kappa shape index (κ1) is 15.0. The third-order valence-electron chi connectivity index (χ3n) is 3.76. The van der Waals surface area contributed by atoms with E-state index in [4.69, 9.17) is 0 Å². The van der Waals surface area contributed by atoms with Crippen LogP contribution in [-0.2, 0) is 0 Å². The summed E-state index contributed by atoms with van der Waals surface area (Å²) in [6.45, 7) is 3.64. The monoisotopic (exact) mass is 339 g/mol. The van der Waals surface area contributed by atoms with E-state index in [2.05, 4.69) is 10.3 Å². The summed E-state index contributed by atoms with van der Waals surface area (Å²) >= 11 is 0. The molecule has 0 amide bonds. The number of rotatable bonds is 1. The topological polar surface area (TPSA) is 66.9 Å². The Balaban J connectivity index is 0.00000147. The first-order chi connectivity index (χ1) is 9.16.